The molecule has 2 atom stereocenters. The third-order valence-electron chi connectivity index (χ3n) is 7.04. The van der Waals surface area contributed by atoms with Gasteiger partial charge in [0.25, 0.3) is 0 Å². The molecule has 3 aliphatic rings. The predicted octanol–water partition coefficient (Wildman–Crippen LogP) is 2.07. The minimum Gasteiger partial charge on any atom is -0.377 e. The van der Waals surface area contributed by atoms with Gasteiger partial charge in [0.15, 0.2) is 0 Å². The van der Waals surface area contributed by atoms with Gasteiger partial charge < -0.3 is 9.64 Å². The van der Waals surface area contributed by atoms with Crippen molar-refractivity contribution in [1.29, 1.82) is 5.26 Å². The van der Waals surface area contributed by atoms with E-state index >= 15 is 0 Å². The highest BCUT2D eigenvalue weighted by Crippen LogP contribution is 2.42. The van der Waals surface area contributed by atoms with Crippen LogP contribution >= 0.6 is 0 Å². The molecule has 6 rings (SSSR count). The van der Waals surface area contributed by atoms with E-state index in [1.165, 1.54) is 18.5 Å². The van der Waals surface area contributed by atoms with E-state index in [1.54, 1.807) is 0 Å². The molecule has 2 unspecified atom stereocenters. The highest BCUT2D eigenvalue weighted by molar-refractivity contribution is 5.79. The van der Waals surface area contributed by atoms with Gasteiger partial charge in [0.2, 0.25) is 0 Å². The lowest BCUT2D eigenvalue weighted by atomic mass is 9.88. The smallest absolute Gasteiger partial charge is 0.0886 e. The number of ether oxygens (including phenoxy) is 1. The molecule has 3 aromatic heterocycles. The van der Waals surface area contributed by atoms with E-state index in [0.29, 0.717) is 31.7 Å². The van der Waals surface area contributed by atoms with Gasteiger partial charge in [-0.2, -0.15) is 15.5 Å². The summed E-state index contributed by atoms with van der Waals surface area (Å²) in [5, 5.41) is 18.2. The average Bonchev–Trinajstić information content (AvgIpc) is 3.40. The van der Waals surface area contributed by atoms with E-state index in [1.807, 2.05) is 34.8 Å². The summed E-state index contributed by atoms with van der Waals surface area (Å²) in [6.45, 7) is 3.36. The van der Waals surface area contributed by atoms with Crippen LogP contribution in [0.15, 0.2) is 36.9 Å². The second-order valence-electron chi connectivity index (χ2n) is 8.93. The fourth-order valence-electron chi connectivity index (χ4n) is 5.70. The number of nitrogens with zero attached hydrogens (tertiary/aromatic N) is 7. The molecule has 8 nitrogen and oxygen atoms in total. The molecular formula is C22H25N7O. The summed E-state index contributed by atoms with van der Waals surface area (Å²) in [5.74, 6) is 0. The van der Waals surface area contributed by atoms with Gasteiger partial charge in [0.1, 0.15) is 0 Å². The Hall–Kier alpha value is -2.89. The molecule has 0 radical (unpaired) electrons. The maximum atomic E-state index is 9.38. The SMILES string of the molecule is Cn1cc(-c2cc3c(N4CC5CCC(C4)N5C4(CC#N)COC4)ccnn3c2)cn1. The maximum Gasteiger partial charge on any atom is 0.0886 e. The van der Waals surface area contributed by atoms with Crippen LogP contribution in [0.4, 0.5) is 5.69 Å². The van der Waals surface area contributed by atoms with E-state index in [9.17, 15) is 5.26 Å². The highest BCUT2D eigenvalue weighted by Gasteiger charge is 2.54. The number of aryl methyl sites for hydroxylation is 1. The number of anilines is 1. The van der Waals surface area contributed by atoms with Crippen LogP contribution in [0.1, 0.15) is 19.3 Å². The first-order valence-electron chi connectivity index (χ1n) is 10.6. The quantitative estimate of drug-likeness (QED) is 0.664. The molecule has 0 saturated carbocycles. The zero-order valence-corrected chi connectivity index (χ0v) is 17.1. The van der Waals surface area contributed by atoms with Crippen molar-refractivity contribution in [2.45, 2.75) is 36.9 Å². The van der Waals surface area contributed by atoms with Gasteiger partial charge in [-0.05, 0) is 25.0 Å². The van der Waals surface area contributed by atoms with Crippen molar-refractivity contribution in [3.05, 3.63) is 36.9 Å². The molecule has 0 amide bonds. The fourth-order valence-corrected chi connectivity index (χ4v) is 5.70. The summed E-state index contributed by atoms with van der Waals surface area (Å²) in [7, 11) is 1.93. The summed E-state index contributed by atoms with van der Waals surface area (Å²) < 4.78 is 9.36. The first kappa shape index (κ1) is 17.9. The molecule has 0 aliphatic carbocycles. The minimum absolute atomic E-state index is 0.0667. The zero-order valence-electron chi connectivity index (χ0n) is 17.1. The minimum atomic E-state index is -0.0667. The van der Waals surface area contributed by atoms with E-state index < -0.39 is 0 Å². The number of aromatic nitrogens is 4. The molecule has 0 aromatic carbocycles. The van der Waals surface area contributed by atoms with E-state index in [4.69, 9.17) is 4.74 Å². The Bertz CT molecular complexity index is 1120. The average molecular weight is 403 g/mol. The Morgan fingerprint density at radius 2 is 1.97 bits per heavy atom. The van der Waals surface area contributed by atoms with Crippen LogP contribution in [0, 0.1) is 11.3 Å². The summed E-state index contributed by atoms with van der Waals surface area (Å²) in [4.78, 5) is 5.15. The fraction of sp³-hybridized carbons (Fsp3) is 0.500. The van der Waals surface area contributed by atoms with Crippen molar-refractivity contribution in [2.24, 2.45) is 7.05 Å². The number of piperazine rings is 1. The summed E-state index contributed by atoms with van der Waals surface area (Å²) in [6, 6.07) is 7.70. The van der Waals surface area contributed by atoms with Gasteiger partial charge in [-0.25, -0.2) is 4.52 Å². The largest absolute Gasteiger partial charge is 0.377 e. The molecular weight excluding hydrogens is 378 g/mol. The van der Waals surface area contributed by atoms with Crippen molar-refractivity contribution in [3.8, 4) is 17.2 Å². The molecule has 0 N–H and O–H groups in total. The lowest BCUT2D eigenvalue weighted by Gasteiger charge is -2.55. The normalized spacial score (nSPS) is 25.4. The second kappa shape index (κ2) is 6.56. The van der Waals surface area contributed by atoms with Gasteiger partial charge in [-0.1, -0.05) is 0 Å². The Balaban J connectivity index is 1.32. The lowest BCUT2D eigenvalue weighted by Crippen LogP contribution is -2.70. The van der Waals surface area contributed by atoms with Crippen LogP contribution in [0.5, 0.6) is 0 Å². The highest BCUT2D eigenvalue weighted by atomic mass is 16.5. The standard InChI is InChI=1S/C22H25N7O/c1-26-10-17(9-25-26)16-8-21-20(4-7-24-28(21)11-16)27-12-18-2-3-19(13-27)29(18)22(5-6-23)14-30-15-22/h4,7-11,18-19H,2-3,5,12-15H2,1H3. The first-order chi connectivity index (χ1) is 14.7. The number of nitriles is 1. The third-order valence-corrected chi connectivity index (χ3v) is 7.04. The molecule has 0 spiro atoms. The Labute approximate surface area is 175 Å². The van der Waals surface area contributed by atoms with Crippen molar-refractivity contribution >= 4 is 11.2 Å². The molecule has 3 fully saturated rings. The van der Waals surface area contributed by atoms with Gasteiger partial charge in [-0.15, -0.1) is 0 Å². The number of fused-ring (bicyclic) bond motifs is 3. The number of hydrogen-bond acceptors (Lipinski definition) is 6. The zero-order chi connectivity index (χ0) is 20.3. The molecule has 154 valence electrons. The summed E-state index contributed by atoms with van der Waals surface area (Å²) >= 11 is 0. The third kappa shape index (κ3) is 2.59. The molecule has 2 bridgehead atoms. The van der Waals surface area contributed by atoms with Crippen LogP contribution in [0.25, 0.3) is 16.6 Å². The van der Waals surface area contributed by atoms with Crippen LogP contribution in [-0.4, -0.2) is 68.2 Å². The topological polar surface area (TPSA) is 74.6 Å². The number of hydrogen-bond donors (Lipinski definition) is 0. The predicted molar refractivity (Wildman–Crippen MR) is 112 cm³/mol. The van der Waals surface area contributed by atoms with Crippen LogP contribution in [0.2, 0.25) is 0 Å². The van der Waals surface area contributed by atoms with Gasteiger partial charge in [-0.3, -0.25) is 9.58 Å². The second-order valence-corrected chi connectivity index (χ2v) is 8.93. The van der Waals surface area contributed by atoms with E-state index in [0.717, 1.165) is 29.7 Å². The molecule has 30 heavy (non-hydrogen) atoms. The van der Waals surface area contributed by atoms with Crippen molar-refractivity contribution in [3.63, 3.8) is 0 Å². The monoisotopic (exact) mass is 403 g/mol. The van der Waals surface area contributed by atoms with Gasteiger partial charge in [0, 0.05) is 61.9 Å². The Morgan fingerprint density at radius 1 is 1.17 bits per heavy atom. The van der Waals surface area contributed by atoms with Crippen molar-refractivity contribution < 1.29 is 4.74 Å². The van der Waals surface area contributed by atoms with Gasteiger partial charge >= 0.3 is 0 Å². The molecule has 3 aromatic rings. The van der Waals surface area contributed by atoms with Crippen molar-refractivity contribution in [2.75, 3.05) is 31.2 Å². The maximum absolute atomic E-state index is 9.38. The molecule has 3 aliphatic heterocycles. The van der Waals surface area contributed by atoms with E-state index in [2.05, 4.69) is 44.4 Å². The summed E-state index contributed by atoms with van der Waals surface area (Å²) in [5.41, 5.74) is 4.52. The summed E-state index contributed by atoms with van der Waals surface area (Å²) in [6.07, 6.45) is 10.8. The lowest BCUT2D eigenvalue weighted by molar-refractivity contribution is -0.156. The molecule has 3 saturated heterocycles. The van der Waals surface area contributed by atoms with Crippen LogP contribution in [-0.2, 0) is 11.8 Å². The Morgan fingerprint density at radius 3 is 2.60 bits per heavy atom. The first-order valence-corrected chi connectivity index (χ1v) is 10.6. The van der Waals surface area contributed by atoms with Gasteiger partial charge in [0.05, 0.1) is 48.6 Å². The number of rotatable bonds is 4. The van der Waals surface area contributed by atoms with Crippen molar-refractivity contribution in [1.82, 2.24) is 24.3 Å². The Kier molecular flexibility index (Phi) is 3.92. The molecule has 8 heteroatoms. The van der Waals surface area contributed by atoms with Crippen LogP contribution < -0.4 is 4.90 Å². The molecule has 6 heterocycles. The van der Waals surface area contributed by atoms with Crippen LogP contribution in [0.3, 0.4) is 0 Å². The van der Waals surface area contributed by atoms with E-state index in [-0.39, 0.29) is 5.54 Å².